The number of morpholine rings is 1. The molecule has 27 heavy (non-hydrogen) atoms. The van der Waals surface area contributed by atoms with Gasteiger partial charge in [-0.1, -0.05) is 29.8 Å². The lowest BCUT2D eigenvalue weighted by Gasteiger charge is -2.31. The van der Waals surface area contributed by atoms with Gasteiger partial charge < -0.3 is 24.4 Å². The molecule has 1 N–H and O–H groups in total. The van der Waals surface area contributed by atoms with Crippen molar-refractivity contribution in [2.75, 3.05) is 49.7 Å². The molecule has 1 aliphatic rings. The summed E-state index contributed by atoms with van der Waals surface area (Å²) in [6.45, 7) is 5.02. The number of nitrogens with one attached hydrogen (secondary N) is 1. The van der Waals surface area contributed by atoms with Gasteiger partial charge in [0.2, 0.25) is 0 Å². The van der Waals surface area contributed by atoms with Gasteiger partial charge in [0, 0.05) is 13.1 Å². The molecule has 0 aromatic heterocycles. The largest absolute Gasteiger partial charge is 0.490 e. The van der Waals surface area contributed by atoms with E-state index in [1.807, 2.05) is 43.3 Å². The molecule has 0 bridgehead atoms. The number of nitrogens with zero attached hydrogens (tertiary/aromatic N) is 1. The molecule has 1 saturated heterocycles. The number of hydrogen-bond donors (Lipinski definition) is 1. The number of hydrogen-bond acceptors (Lipinski definition) is 5. The molecular weight excluding hydrogens is 368 g/mol. The van der Waals surface area contributed by atoms with E-state index in [1.54, 1.807) is 6.07 Å². The molecule has 2 aromatic rings. The van der Waals surface area contributed by atoms with Crippen molar-refractivity contribution in [3.05, 3.63) is 47.5 Å². The number of rotatable bonds is 7. The molecule has 0 saturated carbocycles. The monoisotopic (exact) mass is 390 g/mol. The molecule has 144 valence electrons. The van der Waals surface area contributed by atoms with E-state index < -0.39 is 0 Å². The van der Waals surface area contributed by atoms with Crippen molar-refractivity contribution in [1.82, 2.24) is 0 Å². The van der Waals surface area contributed by atoms with Gasteiger partial charge in [0.1, 0.15) is 0 Å². The second-order valence-corrected chi connectivity index (χ2v) is 6.36. The predicted octanol–water partition coefficient (Wildman–Crippen LogP) is 3.59. The van der Waals surface area contributed by atoms with E-state index in [1.165, 1.54) is 0 Å². The smallest absolute Gasteiger partial charge is 0.262 e. The summed E-state index contributed by atoms with van der Waals surface area (Å²) in [5.74, 6) is 0.886. The maximum atomic E-state index is 12.4. The molecule has 1 aliphatic heterocycles. The van der Waals surface area contributed by atoms with E-state index in [0.29, 0.717) is 42.0 Å². The van der Waals surface area contributed by atoms with E-state index >= 15 is 0 Å². The van der Waals surface area contributed by atoms with Gasteiger partial charge in [0.25, 0.3) is 5.91 Å². The molecule has 1 fully saturated rings. The van der Waals surface area contributed by atoms with E-state index in [-0.39, 0.29) is 12.5 Å². The summed E-state index contributed by atoms with van der Waals surface area (Å²) in [5, 5.41) is 3.49. The lowest BCUT2D eigenvalue weighted by Crippen LogP contribution is -2.37. The average molecular weight is 391 g/mol. The van der Waals surface area contributed by atoms with E-state index in [2.05, 4.69) is 10.2 Å². The van der Waals surface area contributed by atoms with Gasteiger partial charge in [0.05, 0.1) is 36.2 Å². The summed E-state index contributed by atoms with van der Waals surface area (Å²) < 4.78 is 16.5. The summed E-state index contributed by atoms with van der Waals surface area (Å²) in [7, 11) is 0. The maximum Gasteiger partial charge on any atom is 0.262 e. The number of carbonyl (C=O) groups is 1. The minimum absolute atomic E-state index is 0.126. The maximum absolute atomic E-state index is 12.4. The van der Waals surface area contributed by atoms with Crippen LogP contribution in [0.5, 0.6) is 11.5 Å². The van der Waals surface area contributed by atoms with E-state index in [4.69, 9.17) is 25.8 Å². The Morgan fingerprint density at radius 3 is 2.52 bits per heavy atom. The predicted molar refractivity (Wildman–Crippen MR) is 106 cm³/mol. The van der Waals surface area contributed by atoms with Gasteiger partial charge in [-0.3, -0.25) is 4.79 Å². The van der Waals surface area contributed by atoms with E-state index in [0.717, 1.165) is 18.8 Å². The third-order valence-electron chi connectivity index (χ3n) is 4.10. The van der Waals surface area contributed by atoms with Crippen LogP contribution in [0, 0.1) is 0 Å². The highest BCUT2D eigenvalue weighted by Crippen LogP contribution is 2.34. The third kappa shape index (κ3) is 5.05. The second-order valence-electron chi connectivity index (χ2n) is 5.95. The number of anilines is 2. The van der Waals surface area contributed by atoms with Crippen LogP contribution >= 0.6 is 11.6 Å². The number of amides is 1. The van der Waals surface area contributed by atoms with Crippen LogP contribution in [0.3, 0.4) is 0 Å². The summed E-state index contributed by atoms with van der Waals surface area (Å²) >= 11 is 6.39. The average Bonchev–Trinajstić information content (AvgIpc) is 2.68. The number of halogens is 1. The Morgan fingerprint density at radius 2 is 1.81 bits per heavy atom. The lowest BCUT2D eigenvalue weighted by molar-refractivity contribution is -0.118. The van der Waals surface area contributed by atoms with Crippen LogP contribution in [-0.2, 0) is 9.53 Å². The van der Waals surface area contributed by atoms with Crippen LogP contribution in [0.25, 0.3) is 0 Å². The van der Waals surface area contributed by atoms with Crippen LogP contribution in [-0.4, -0.2) is 45.4 Å². The van der Waals surface area contributed by atoms with Crippen molar-refractivity contribution in [3.63, 3.8) is 0 Å². The lowest BCUT2D eigenvalue weighted by atomic mass is 10.2. The fourth-order valence-electron chi connectivity index (χ4n) is 2.90. The van der Waals surface area contributed by atoms with Crippen molar-refractivity contribution in [3.8, 4) is 11.5 Å². The van der Waals surface area contributed by atoms with Crippen molar-refractivity contribution >= 4 is 28.9 Å². The first-order valence-corrected chi connectivity index (χ1v) is 9.32. The summed E-state index contributed by atoms with van der Waals surface area (Å²) in [6.07, 6.45) is 0. The van der Waals surface area contributed by atoms with Crippen molar-refractivity contribution < 1.29 is 19.0 Å². The Balaban J connectivity index is 1.67. The standard InChI is InChI=1S/C20H23ClN2O4/c1-2-26-17-8-3-4-9-18(17)27-14-19(24)22-16-7-5-6-15(21)20(16)23-10-12-25-13-11-23/h3-9H,2,10-14H2,1H3,(H,22,24). The highest BCUT2D eigenvalue weighted by Gasteiger charge is 2.19. The minimum atomic E-state index is -0.266. The SMILES string of the molecule is CCOc1ccccc1OCC(=O)Nc1cccc(Cl)c1N1CCOCC1. The molecule has 0 atom stereocenters. The van der Waals surface area contributed by atoms with Crippen LogP contribution in [0.2, 0.25) is 5.02 Å². The molecule has 1 amide bonds. The zero-order chi connectivity index (χ0) is 19.1. The highest BCUT2D eigenvalue weighted by atomic mass is 35.5. The summed E-state index contributed by atoms with van der Waals surface area (Å²) in [4.78, 5) is 14.6. The molecule has 0 aliphatic carbocycles. The van der Waals surface area contributed by atoms with Crippen LogP contribution < -0.4 is 19.7 Å². The summed E-state index contributed by atoms with van der Waals surface area (Å²) in [6, 6.07) is 12.7. The first kappa shape index (κ1) is 19.3. The fourth-order valence-corrected chi connectivity index (χ4v) is 3.19. The highest BCUT2D eigenvalue weighted by molar-refractivity contribution is 6.34. The van der Waals surface area contributed by atoms with Crippen molar-refractivity contribution in [1.29, 1.82) is 0 Å². The molecule has 0 spiro atoms. The number of carbonyl (C=O) groups excluding carboxylic acids is 1. The minimum Gasteiger partial charge on any atom is -0.490 e. The Labute approximate surface area is 164 Å². The van der Waals surface area contributed by atoms with Crippen LogP contribution in [0.15, 0.2) is 42.5 Å². The second kappa shape index (κ2) is 9.48. The van der Waals surface area contributed by atoms with Gasteiger partial charge in [0.15, 0.2) is 18.1 Å². The molecule has 1 heterocycles. The Bertz CT molecular complexity index is 778. The zero-order valence-electron chi connectivity index (χ0n) is 15.2. The number of ether oxygens (including phenoxy) is 3. The van der Waals surface area contributed by atoms with Gasteiger partial charge in [-0.2, -0.15) is 0 Å². The van der Waals surface area contributed by atoms with Crippen LogP contribution in [0.1, 0.15) is 6.92 Å². The first-order valence-electron chi connectivity index (χ1n) is 8.94. The Kier molecular flexibility index (Phi) is 6.79. The van der Waals surface area contributed by atoms with Gasteiger partial charge in [-0.25, -0.2) is 0 Å². The molecule has 6 nitrogen and oxygen atoms in total. The molecule has 7 heteroatoms. The molecule has 2 aromatic carbocycles. The normalized spacial score (nSPS) is 13.9. The summed E-state index contributed by atoms with van der Waals surface area (Å²) in [5.41, 5.74) is 1.47. The quantitative estimate of drug-likeness (QED) is 0.782. The van der Waals surface area contributed by atoms with Crippen LogP contribution in [0.4, 0.5) is 11.4 Å². The number of benzene rings is 2. The first-order chi connectivity index (χ1) is 13.2. The molecule has 0 unspecified atom stereocenters. The van der Waals surface area contributed by atoms with E-state index in [9.17, 15) is 4.79 Å². The Hall–Kier alpha value is -2.44. The van der Waals surface area contributed by atoms with Gasteiger partial charge in [-0.15, -0.1) is 0 Å². The molecule has 0 radical (unpaired) electrons. The fraction of sp³-hybridized carbons (Fsp3) is 0.350. The molecule has 3 rings (SSSR count). The van der Waals surface area contributed by atoms with Crippen molar-refractivity contribution in [2.24, 2.45) is 0 Å². The van der Waals surface area contributed by atoms with Gasteiger partial charge >= 0.3 is 0 Å². The number of para-hydroxylation sites is 3. The van der Waals surface area contributed by atoms with Crippen molar-refractivity contribution in [2.45, 2.75) is 6.92 Å². The molecular formula is C20H23ClN2O4. The zero-order valence-corrected chi connectivity index (χ0v) is 16.0. The topological polar surface area (TPSA) is 60.0 Å². The third-order valence-corrected chi connectivity index (χ3v) is 4.40. The van der Waals surface area contributed by atoms with Gasteiger partial charge in [-0.05, 0) is 31.2 Å². The Morgan fingerprint density at radius 1 is 1.11 bits per heavy atom.